The lowest BCUT2D eigenvalue weighted by Crippen LogP contribution is -2.52. The van der Waals surface area contributed by atoms with E-state index in [0.717, 1.165) is 44.9 Å². The normalized spacial score (nSPS) is 41.5. The zero-order chi connectivity index (χ0) is 15.5. The SMILES string of the molecule is O=C(N1CCNCC1)C12CC3CC1CC(c1ccccc1)(C3)C2. The van der Waals surface area contributed by atoms with Gasteiger partial charge in [-0.3, -0.25) is 4.79 Å². The van der Waals surface area contributed by atoms with Crippen LogP contribution in [-0.2, 0) is 10.2 Å². The van der Waals surface area contributed by atoms with Gasteiger partial charge in [0.05, 0.1) is 5.41 Å². The van der Waals surface area contributed by atoms with Crippen LogP contribution >= 0.6 is 0 Å². The smallest absolute Gasteiger partial charge is 0.229 e. The maximum atomic E-state index is 13.4. The molecule has 1 heterocycles. The quantitative estimate of drug-likeness (QED) is 0.910. The molecule has 1 aromatic rings. The maximum absolute atomic E-state index is 13.4. The Morgan fingerprint density at radius 3 is 2.65 bits per heavy atom. The zero-order valence-electron chi connectivity index (χ0n) is 13.8. The molecule has 1 saturated heterocycles. The number of benzene rings is 1. The molecule has 6 rings (SSSR count). The van der Waals surface area contributed by atoms with Crippen molar-refractivity contribution in [2.24, 2.45) is 17.3 Å². The van der Waals surface area contributed by atoms with E-state index in [9.17, 15) is 4.79 Å². The molecule has 0 radical (unpaired) electrons. The molecule has 5 aliphatic rings. The summed E-state index contributed by atoms with van der Waals surface area (Å²) in [5.74, 6) is 1.89. The Morgan fingerprint density at radius 1 is 1.09 bits per heavy atom. The standard InChI is InChI=1S/C20H26N2O/c23-18(22-8-6-21-7-9-22)20-12-15-10-17(20)13-19(11-15,14-20)16-4-2-1-3-5-16/h1-5,15,17,21H,6-14H2. The number of hydrogen-bond donors (Lipinski definition) is 1. The highest BCUT2D eigenvalue weighted by Gasteiger charge is 2.67. The Morgan fingerprint density at radius 2 is 1.87 bits per heavy atom. The van der Waals surface area contributed by atoms with Gasteiger partial charge in [0.1, 0.15) is 0 Å². The van der Waals surface area contributed by atoms with E-state index >= 15 is 0 Å². The van der Waals surface area contributed by atoms with Crippen LogP contribution in [0.2, 0.25) is 0 Å². The van der Waals surface area contributed by atoms with Crippen LogP contribution < -0.4 is 5.32 Å². The van der Waals surface area contributed by atoms with Gasteiger partial charge in [0.25, 0.3) is 0 Å². The predicted molar refractivity (Wildman–Crippen MR) is 90.1 cm³/mol. The molecule has 4 saturated carbocycles. The van der Waals surface area contributed by atoms with Crippen LogP contribution in [0, 0.1) is 17.3 Å². The highest BCUT2D eigenvalue weighted by Crippen LogP contribution is 2.71. The molecule has 1 aromatic carbocycles. The lowest BCUT2D eigenvalue weighted by Gasteiger charge is -2.42. The van der Waals surface area contributed by atoms with Gasteiger partial charge in [-0.2, -0.15) is 0 Å². The Labute approximate surface area is 138 Å². The first-order valence-corrected chi connectivity index (χ1v) is 9.28. The largest absolute Gasteiger partial charge is 0.340 e. The van der Waals surface area contributed by atoms with Gasteiger partial charge in [-0.05, 0) is 54.9 Å². The van der Waals surface area contributed by atoms with Gasteiger partial charge in [0, 0.05) is 26.2 Å². The molecule has 3 heteroatoms. The number of carbonyl (C=O) groups excluding carboxylic acids is 1. The van der Waals surface area contributed by atoms with Gasteiger partial charge < -0.3 is 10.2 Å². The number of nitrogens with zero attached hydrogens (tertiary/aromatic N) is 1. The van der Waals surface area contributed by atoms with Crippen molar-refractivity contribution in [1.29, 1.82) is 0 Å². The van der Waals surface area contributed by atoms with Crippen molar-refractivity contribution >= 4 is 5.91 Å². The minimum absolute atomic E-state index is 0.0316. The average Bonchev–Trinajstić information content (AvgIpc) is 3.00. The summed E-state index contributed by atoms with van der Waals surface area (Å²) in [6.45, 7) is 3.71. The van der Waals surface area contributed by atoms with Crippen LogP contribution in [-0.4, -0.2) is 37.0 Å². The predicted octanol–water partition coefficient (Wildman–Crippen LogP) is 2.57. The van der Waals surface area contributed by atoms with Crippen molar-refractivity contribution in [3.63, 3.8) is 0 Å². The third-order valence-corrected chi connectivity index (χ3v) is 7.24. The van der Waals surface area contributed by atoms with Gasteiger partial charge in [-0.1, -0.05) is 30.3 Å². The fourth-order valence-electron chi connectivity index (χ4n) is 6.55. The highest BCUT2D eigenvalue weighted by molar-refractivity contribution is 5.85. The van der Waals surface area contributed by atoms with Crippen molar-refractivity contribution in [2.45, 2.75) is 37.5 Å². The van der Waals surface area contributed by atoms with Crippen molar-refractivity contribution in [2.75, 3.05) is 26.2 Å². The summed E-state index contributed by atoms with van der Waals surface area (Å²) in [5, 5.41) is 3.37. The number of carbonyl (C=O) groups is 1. The Kier molecular flexibility index (Phi) is 2.94. The first kappa shape index (κ1) is 14.0. The van der Waals surface area contributed by atoms with Gasteiger partial charge >= 0.3 is 0 Å². The van der Waals surface area contributed by atoms with Crippen molar-refractivity contribution in [1.82, 2.24) is 10.2 Å². The van der Waals surface area contributed by atoms with E-state index in [1.165, 1.54) is 24.8 Å². The molecule has 3 nitrogen and oxygen atoms in total. The van der Waals surface area contributed by atoms with Crippen LogP contribution in [0.1, 0.15) is 37.7 Å². The Hall–Kier alpha value is -1.35. The summed E-state index contributed by atoms with van der Waals surface area (Å²) in [4.78, 5) is 15.6. The maximum Gasteiger partial charge on any atom is 0.229 e. The second kappa shape index (κ2) is 4.83. The highest BCUT2D eigenvalue weighted by atomic mass is 16.2. The fourth-order valence-corrected chi connectivity index (χ4v) is 6.55. The molecule has 23 heavy (non-hydrogen) atoms. The molecule has 0 aromatic heterocycles. The van der Waals surface area contributed by atoms with Crippen molar-refractivity contribution in [3.8, 4) is 0 Å². The third kappa shape index (κ3) is 1.89. The van der Waals surface area contributed by atoms with E-state index in [4.69, 9.17) is 0 Å². The summed E-state index contributed by atoms with van der Waals surface area (Å²) in [6, 6.07) is 11.1. The number of hydrogen-bond acceptors (Lipinski definition) is 2. The summed E-state index contributed by atoms with van der Waals surface area (Å²) in [5.41, 5.74) is 1.75. The fraction of sp³-hybridized carbons (Fsp3) is 0.650. The molecule has 4 aliphatic carbocycles. The van der Waals surface area contributed by atoms with E-state index in [2.05, 4.69) is 40.5 Å². The molecule has 1 N–H and O–H groups in total. The molecule has 5 fully saturated rings. The molecule has 1 aliphatic heterocycles. The van der Waals surface area contributed by atoms with Crippen LogP contribution in [0.25, 0.3) is 0 Å². The summed E-state index contributed by atoms with van der Waals surface area (Å²) in [6.07, 6.45) is 6.12. The summed E-state index contributed by atoms with van der Waals surface area (Å²) >= 11 is 0. The van der Waals surface area contributed by atoms with E-state index in [-0.39, 0.29) is 10.8 Å². The Balaban J connectivity index is 1.49. The van der Waals surface area contributed by atoms with E-state index < -0.39 is 0 Å². The van der Waals surface area contributed by atoms with E-state index in [1.807, 2.05) is 0 Å². The number of rotatable bonds is 2. The minimum atomic E-state index is -0.0316. The molecular weight excluding hydrogens is 284 g/mol. The Bertz CT molecular complexity index is 624. The molecule has 4 atom stereocenters. The summed E-state index contributed by atoms with van der Waals surface area (Å²) in [7, 11) is 0. The first-order chi connectivity index (χ1) is 11.2. The van der Waals surface area contributed by atoms with Crippen molar-refractivity contribution in [3.05, 3.63) is 35.9 Å². The van der Waals surface area contributed by atoms with Crippen LogP contribution in [0.4, 0.5) is 0 Å². The molecule has 4 unspecified atom stereocenters. The van der Waals surface area contributed by atoms with Gasteiger partial charge in [0.2, 0.25) is 5.91 Å². The van der Waals surface area contributed by atoms with Crippen LogP contribution in [0.3, 0.4) is 0 Å². The second-order valence-corrected chi connectivity index (χ2v) is 8.43. The number of nitrogens with one attached hydrogen (secondary N) is 1. The van der Waals surface area contributed by atoms with Crippen LogP contribution in [0.15, 0.2) is 30.3 Å². The van der Waals surface area contributed by atoms with Gasteiger partial charge in [-0.15, -0.1) is 0 Å². The van der Waals surface area contributed by atoms with Gasteiger partial charge in [0.15, 0.2) is 0 Å². The molecule has 4 bridgehead atoms. The molecule has 122 valence electrons. The molecular formula is C20H26N2O. The number of piperazine rings is 1. The van der Waals surface area contributed by atoms with Gasteiger partial charge in [-0.25, -0.2) is 0 Å². The lowest BCUT2D eigenvalue weighted by molar-refractivity contribution is -0.144. The topological polar surface area (TPSA) is 32.3 Å². The third-order valence-electron chi connectivity index (χ3n) is 7.24. The van der Waals surface area contributed by atoms with E-state index in [1.54, 1.807) is 0 Å². The molecule has 1 amide bonds. The average molecular weight is 310 g/mol. The number of amides is 1. The summed E-state index contributed by atoms with van der Waals surface area (Å²) < 4.78 is 0. The van der Waals surface area contributed by atoms with Crippen molar-refractivity contribution < 1.29 is 4.79 Å². The molecule has 0 spiro atoms. The van der Waals surface area contributed by atoms with E-state index in [0.29, 0.717) is 11.8 Å². The second-order valence-electron chi connectivity index (χ2n) is 8.43. The lowest BCUT2D eigenvalue weighted by atomic mass is 9.63. The first-order valence-electron chi connectivity index (χ1n) is 9.28. The van der Waals surface area contributed by atoms with Crippen LogP contribution in [0.5, 0.6) is 0 Å². The zero-order valence-corrected chi connectivity index (χ0v) is 13.8. The monoisotopic (exact) mass is 310 g/mol. The minimum Gasteiger partial charge on any atom is -0.340 e.